The molecule has 0 fully saturated rings. The lowest BCUT2D eigenvalue weighted by Crippen LogP contribution is -2.12. The molecule has 1 amide bonds. The summed E-state index contributed by atoms with van der Waals surface area (Å²) < 4.78 is 0. The summed E-state index contributed by atoms with van der Waals surface area (Å²) >= 11 is 0. The molecular formula is C15H19NO2. The minimum atomic E-state index is -0.161. The Morgan fingerprint density at radius 1 is 1.44 bits per heavy atom. The van der Waals surface area contributed by atoms with Crippen LogP contribution in [0.4, 0.5) is 5.69 Å². The number of carbonyl (C=O) groups is 1. The third-order valence-corrected chi connectivity index (χ3v) is 2.58. The Hall–Kier alpha value is -1.79. The Kier molecular flexibility index (Phi) is 5.96. The smallest absolute Gasteiger partial charge is 0.224 e. The molecule has 0 heterocycles. The molecule has 3 nitrogen and oxygen atoms in total. The number of anilines is 1. The topological polar surface area (TPSA) is 49.3 Å². The second kappa shape index (κ2) is 7.52. The first kappa shape index (κ1) is 14.3. The first-order valence-electron chi connectivity index (χ1n) is 6.17. The molecule has 0 aliphatic carbocycles. The molecule has 0 radical (unpaired) electrons. The van der Waals surface area contributed by atoms with Crippen molar-refractivity contribution in [1.29, 1.82) is 0 Å². The van der Waals surface area contributed by atoms with Gasteiger partial charge in [-0.25, -0.2) is 0 Å². The van der Waals surface area contributed by atoms with Crippen LogP contribution in [-0.4, -0.2) is 17.6 Å². The molecule has 0 aliphatic heterocycles. The van der Waals surface area contributed by atoms with E-state index < -0.39 is 0 Å². The molecule has 3 heteroatoms. The Bertz CT molecular complexity index is 469. The number of carbonyl (C=O) groups excluding carboxylic acids is 1. The van der Waals surface area contributed by atoms with Crippen molar-refractivity contribution >= 4 is 11.6 Å². The van der Waals surface area contributed by atoms with Crippen molar-refractivity contribution in [2.45, 2.75) is 33.1 Å². The standard InChI is InChI=1S/C15H19NO2/c1-3-4-7-15(18)16-14-11-13(6-5-10-17)9-8-12(14)2/h8-9,11,17H,3-4,7,10H2,1-2H3,(H,16,18). The fourth-order valence-corrected chi connectivity index (χ4v) is 1.53. The molecule has 0 aromatic heterocycles. The maximum absolute atomic E-state index is 11.7. The van der Waals surface area contributed by atoms with Crippen LogP contribution in [0.2, 0.25) is 0 Å². The minimum Gasteiger partial charge on any atom is -0.384 e. The van der Waals surface area contributed by atoms with E-state index in [2.05, 4.69) is 24.1 Å². The van der Waals surface area contributed by atoms with Crippen LogP contribution in [0.25, 0.3) is 0 Å². The van der Waals surface area contributed by atoms with E-state index in [1.165, 1.54) is 0 Å². The van der Waals surface area contributed by atoms with E-state index in [0.29, 0.717) is 6.42 Å². The average Bonchev–Trinajstić information content (AvgIpc) is 2.37. The highest BCUT2D eigenvalue weighted by molar-refractivity contribution is 5.91. The summed E-state index contributed by atoms with van der Waals surface area (Å²) in [6.07, 6.45) is 2.45. The van der Waals surface area contributed by atoms with Crippen molar-refractivity contribution < 1.29 is 9.90 Å². The summed E-state index contributed by atoms with van der Waals surface area (Å²) in [6.45, 7) is 3.84. The molecule has 0 atom stereocenters. The van der Waals surface area contributed by atoms with Crippen molar-refractivity contribution in [2.24, 2.45) is 0 Å². The average molecular weight is 245 g/mol. The second-order valence-electron chi connectivity index (χ2n) is 4.14. The van der Waals surface area contributed by atoms with E-state index in [4.69, 9.17) is 5.11 Å². The zero-order valence-electron chi connectivity index (χ0n) is 10.9. The van der Waals surface area contributed by atoms with Crippen LogP contribution in [0.3, 0.4) is 0 Å². The van der Waals surface area contributed by atoms with Crippen LogP contribution >= 0.6 is 0 Å². The highest BCUT2D eigenvalue weighted by Crippen LogP contribution is 2.17. The van der Waals surface area contributed by atoms with Gasteiger partial charge in [-0.3, -0.25) is 4.79 Å². The predicted octanol–water partition coefficient (Wildman–Crippen LogP) is 2.47. The summed E-state index contributed by atoms with van der Waals surface area (Å²) in [7, 11) is 0. The molecule has 1 aromatic rings. The van der Waals surface area contributed by atoms with Gasteiger partial charge in [0, 0.05) is 17.7 Å². The van der Waals surface area contributed by atoms with Gasteiger partial charge in [0.15, 0.2) is 0 Å². The largest absolute Gasteiger partial charge is 0.384 e. The molecular weight excluding hydrogens is 226 g/mol. The Balaban J connectivity index is 2.77. The van der Waals surface area contributed by atoms with Gasteiger partial charge in [-0.2, -0.15) is 0 Å². The van der Waals surface area contributed by atoms with Crippen LogP contribution in [0, 0.1) is 18.8 Å². The van der Waals surface area contributed by atoms with Crippen molar-refractivity contribution in [3.63, 3.8) is 0 Å². The first-order valence-corrected chi connectivity index (χ1v) is 6.17. The molecule has 18 heavy (non-hydrogen) atoms. The zero-order valence-corrected chi connectivity index (χ0v) is 10.9. The maximum atomic E-state index is 11.7. The van der Waals surface area contributed by atoms with Crippen LogP contribution in [0.15, 0.2) is 18.2 Å². The van der Waals surface area contributed by atoms with Gasteiger partial charge in [0.2, 0.25) is 5.91 Å². The monoisotopic (exact) mass is 245 g/mol. The number of aryl methyl sites for hydroxylation is 1. The van der Waals surface area contributed by atoms with Gasteiger partial charge in [-0.05, 0) is 31.0 Å². The van der Waals surface area contributed by atoms with E-state index in [1.54, 1.807) is 0 Å². The van der Waals surface area contributed by atoms with Crippen molar-refractivity contribution in [1.82, 2.24) is 0 Å². The lowest BCUT2D eigenvalue weighted by molar-refractivity contribution is -0.116. The van der Waals surface area contributed by atoms with Crippen molar-refractivity contribution in [3.05, 3.63) is 29.3 Å². The quantitative estimate of drug-likeness (QED) is 0.801. The maximum Gasteiger partial charge on any atom is 0.224 e. The molecule has 0 saturated heterocycles. The van der Waals surface area contributed by atoms with Crippen LogP contribution in [0.1, 0.15) is 37.3 Å². The Morgan fingerprint density at radius 3 is 2.89 bits per heavy atom. The predicted molar refractivity (Wildman–Crippen MR) is 73.3 cm³/mol. The van der Waals surface area contributed by atoms with Crippen molar-refractivity contribution in [3.8, 4) is 11.8 Å². The second-order valence-corrected chi connectivity index (χ2v) is 4.14. The van der Waals surface area contributed by atoms with Gasteiger partial charge in [-0.15, -0.1) is 0 Å². The highest BCUT2D eigenvalue weighted by atomic mass is 16.2. The Labute approximate surface area is 108 Å². The van der Waals surface area contributed by atoms with Gasteiger partial charge in [-0.1, -0.05) is 31.3 Å². The number of hydrogen-bond donors (Lipinski definition) is 2. The van der Waals surface area contributed by atoms with E-state index >= 15 is 0 Å². The lowest BCUT2D eigenvalue weighted by Gasteiger charge is -2.08. The SMILES string of the molecule is CCCCC(=O)Nc1cc(C#CCO)ccc1C. The number of aliphatic hydroxyl groups is 1. The first-order chi connectivity index (χ1) is 8.67. The van der Waals surface area contributed by atoms with Gasteiger partial charge >= 0.3 is 0 Å². The number of rotatable bonds is 4. The number of hydrogen-bond acceptors (Lipinski definition) is 2. The van der Waals surface area contributed by atoms with Gasteiger partial charge in [0.1, 0.15) is 6.61 Å². The highest BCUT2D eigenvalue weighted by Gasteiger charge is 2.04. The van der Waals surface area contributed by atoms with Gasteiger partial charge < -0.3 is 10.4 Å². The fourth-order valence-electron chi connectivity index (χ4n) is 1.53. The lowest BCUT2D eigenvalue weighted by atomic mass is 10.1. The summed E-state index contributed by atoms with van der Waals surface area (Å²) in [5.41, 5.74) is 2.59. The number of unbranched alkanes of at least 4 members (excludes halogenated alkanes) is 1. The minimum absolute atomic E-state index is 0.0345. The summed E-state index contributed by atoms with van der Waals surface area (Å²) in [4.78, 5) is 11.7. The van der Waals surface area contributed by atoms with Gasteiger partial charge in [0.05, 0.1) is 0 Å². The molecule has 0 aliphatic rings. The molecule has 0 unspecified atom stereocenters. The summed E-state index contributed by atoms with van der Waals surface area (Å²) in [5, 5.41) is 11.5. The summed E-state index contributed by atoms with van der Waals surface area (Å²) in [5.74, 6) is 5.45. The van der Waals surface area contributed by atoms with Crippen molar-refractivity contribution in [2.75, 3.05) is 11.9 Å². The fraction of sp³-hybridized carbons (Fsp3) is 0.400. The third-order valence-electron chi connectivity index (χ3n) is 2.58. The van der Waals surface area contributed by atoms with Gasteiger partial charge in [0.25, 0.3) is 0 Å². The number of amides is 1. The van der Waals surface area contributed by atoms with E-state index in [0.717, 1.165) is 29.7 Å². The molecule has 1 aromatic carbocycles. The molecule has 1 rings (SSSR count). The number of nitrogens with one attached hydrogen (secondary N) is 1. The third kappa shape index (κ3) is 4.60. The zero-order chi connectivity index (χ0) is 13.4. The molecule has 96 valence electrons. The molecule has 0 spiro atoms. The molecule has 2 N–H and O–H groups in total. The molecule has 0 bridgehead atoms. The normalized spacial score (nSPS) is 9.50. The van der Waals surface area contributed by atoms with Crippen LogP contribution in [-0.2, 0) is 4.79 Å². The van der Waals surface area contributed by atoms with E-state index in [1.807, 2.05) is 25.1 Å². The van der Waals surface area contributed by atoms with Crippen LogP contribution < -0.4 is 5.32 Å². The van der Waals surface area contributed by atoms with Crippen LogP contribution in [0.5, 0.6) is 0 Å². The number of aliphatic hydroxyl groups excluding tert-OH is 1. The van der Waals surface area contributed by atoms with E-state index in [9.17, 15) is 4.79 Å². The summed E-state index contributed by atoms with van der Waals surface area (Å²) in [6, 6.07) is 5.62. The number of benzene rings is 1. The Morgan fingerprint density at radius 2 is 2.22 bits per heavy atom. The van der Waals surface area contributed by atoms with E-state index in [-0.39, 0.29) is 12.5 Å². The molecule has 0 saturated carbocycles.